The molecular formula is C30H56O2. The summed E-state index contributed by atoms with van der Waals surface area (Å²) in [6.07, 6.45) is 28.2. The van der Waals surface area contributed by atoms with Crippen LogP contribution >= 0.6 is 0 Å². The van der Waals surface area contributed by atoms with Crippen molar-refractivity contribution >= 4 is 5.97 Å². The van der Waals surface area contributed by atoms with Crippen LogP contribution in [0.2, 0.25) is 0 Å². The number of carboxylic acid groups (broad SMARTS) is 1. The average Bonchev–Trinajstić information content (AvgIpc) is 2.71. The molecule has 1 N–H and O–H groups in total. The van der Waals surface area contributed by atoms with Gasteiger partial charge in [0.1, 0.15) is 0 Å². The molecule has 2 heteroatoms. The molecule has 0 fully saturated rings. The lowest BCUT2D eigenvalue weighted by atomic mass is 9.90. The summed E-state index contributed by atoms with van der Waals surface area (Å²) < 4.78 is 0. The number of carbonyl (C=O) groups is 1. The monoisotopic (exact) mass is 448 g/mol. The number of unbranched alkanes of at least 4 members (excludes halogenated alkanes) is 2. The molecule has 0 spiro atoms. The van der Waals surface area contributed by atoms with Crippen LogP contribution in [0.15, 0.2) is 24.3 Å². The minimum Gasteiger partial charge on any atom is -0.481 e. The van der Waals surface area contributed by atoms with Crippen molar-refractivity contribution in [1.82, 2.24) is 0 Å². The van der Waals surface area contributed by atoms with Crippen molar-refractivity contribution < 1.29 is 9.90 Å². The van der Waals surface area contributed by atoms with Gasteiger partial charge in [0.25, 0.3) is 0 Å². The van der Waals surface area contributed by atoms with Gasteiger partial charge in [-0.1, -0.05) is 117 Å². The largest absolute Gasteiger partial charge is 0.481 e. The maximum atomic E-state index is 10.4. The Kier molecular flexibility index (Phi) is 21.1. The third-order valence-corrected chi connectivity index (χ3v) is 6.69. The summed E-state index contributed by atoms with van der Waals surface area (Å²) in [7, 11) is 0. The van der Waals surface area contributed by atoms with Crippen molar-refractivity contribution in [2.75, 3.05) is 0 Å². The minimum atomic E-state index is -0.696. The summed E-state index contributed by atoms with van der Waals surface area (Å²) >= 11 is 0. The van der Waals surface area contributed by atoms with E-state index >= 15 is 0 Å². The zero-order valence-electron chi connectivity index (χ0n) is 22.3. The van der Waals surface area contributed by atoms with E-state index in [0.717, 1.165) is 49.4 Å². The lowest BCUT2D eigenvalue weighted by Gasteiger charge is -2.16. The molecule has 0 heterocycles. The molecule has 0 aromatic heterocycles. The molecule has 0 amide bonds. The van der Waals surface area contributed by atoms with Crippen LogP contribution in [-0.4, -0.2) is 11.1 Å². The first-order valence-electron chi connectivity index (χ1n) is 13.8. The van der Waals surface area contributed by atoms with Gasteiger partial charge in [-0.3, -0.25) is 4.79 Å². The van der Waals surface area contributed by atoms with E-state index in [4.69, 9.17) is 5.11 Å². The van der Waals surface area contributed by atoms with Crippen LogP contribution in [0.3, 0.4) is 0 Å². The van der Waals surface area contributed by atoms with Gasteiger partial charge in [0.2, 0.25) is 0 Å². The zero-order chi connectivity index (χ0) is 24.0. The smallest absolute Gasteiger partial charge is 0.303 e. The molecule has 32 heavy (non-hydrogen) atoms. The maximum absolute atomic E-state index is 10.4. The van der Waals surface area contributed by atoms with E-state index in [9.17, 15) is 4.79 Å². The van der Waals surface area contributed by atoms with E-state index in [-0.39, 0.29) is 6.42 Å². The predicted molar refractivity (Wildman–Crippen MR) is 142 cm³/mol. The lowest BCUT2D eigenvalue weighted by Crippen LogP contribution is -2.01. The molecular weight excluding hydrogens is 392 g/mol. The number of carboxylic acids is 1. The van der Waals surface area contributed by atoms with Gasteiger partial charge < -0.3 is 5.11 Å². The Bertz CT molecular complexity index is 477. The van der Waals surface area contributed by atoms with Gasteiger partial charge >= 0.3 is 5.97 Å². The van der Waals surface area contributed by atoms with E-state index in [1.54, 1.807) is 0 Å². The molecule has 0 aromatic rings. The highest BCUT2D eigenvalue weighted by Crippen LogP contribution is 2.23. The number of hydrogen-bond acceptors (Lipinski definition) is 1. The number of aliphatic carboxylic acids is 1. The van der Waals surface area contributed by atoms with E-state index in [0.29, 0.717) is 0 Å². The van der Waals surface area contributed by atoms with Crippen molar-refractivity contribution in [2.24, 2.45) is 23.7 Å². The molecule has 0 aliphatic heterocycles. The Morgan fingerprint density at radius 1 is 0.562 bits per heavy atom. The lowest BCUT2D eigenvalue weighted by molar-refractivity contribution is -0.137. The highest BCUT2D eigenvalue weighted by atomic mass is 16.4. The second-order valence-electron chi connectivity index (χ2n) is 10.9. The first-order chi connectivity index (χ1) is 15.3. The fourth-order valence-electron chi connectivity index (χ4n) is 4.35. The zero-order valence-corrected chi connectivity index (χ0v) is 22.3. The van der Waals surface area contributed by atoms with Crippen molar-refractivity contribution in [1.29, 1.82) is 0 Å². The molecule has 0 bridgehead atoms. The number of hydrogen-bond donors (Lipinski definition) is 1. The van der Waals surface area contributed by atoms with Crippen molar-refractivity contribution in [2.45, 2.75) is 137 Å². The Hall–Kier alpha value is -1.05. The molecule has 2 nitrogen and oxygen atoms in total. The fraction of sp³-hybridized carbons (Fsp3) is 0.833. The number of allylic oxidation sites excluding steroid dienone is 4. The molecule has 0 aromatic carbocycles. The standard InChI is InChI=1S/C30H56O2/c1-26(2)18-15-20-28(4)22-17-24-29(5)23-16-21-27(3)19-13-11-9-7-6-8-10-12-14-25-30(31)32/h8-11,26-29H,6-7,12-25H2,1-5H3,(H,31,32). The third-order valence-electron chi connectivity index (χ3n) is 6.69. The predicted octanol–water partition coefficient (Wildman–Crippen LogP) is 9.99. The first kappa shape index (κ1) is 30.9. The Morgan fingerprint density at radius 2 is 0.969 bits per heavy atom. The van der Waals surface area contributed by atoms with Crippen LogP contribution in [0.1, 0.15) is 137 Å². The molecule has 0 rings (SSSR count). The SMILES string of the molecule is CC(C)CCCC(C)CCCC(C)CCCC(C)CCC=CCCC=CCCCC(=O)O. The van der Waals surface area contributed by atoms with Crippen LogP contribution in [0.25, 0.3) is 0 Å². The quantitative estimate of drug-likeness (QED) is 0.132. The van der Waals surface area contributed by atoms with E-state index in [1.165, 1.54) is 70.6 Å². The summed E-state index contributed by atoms with van der Waals surface area (Å²) in [4.78, 5) is 10.4. The Balaban J connectivity index is 3.56. The van der Waals surface area contributed by atoms with Gasteiger partial charge in [0, 0.05) is 6.42 Å². The van der Waals surface area contributed by atoms with Gasteiger partial charge in [-0.2, -0.15) is 0 Å². The van der Waals surface area contributed by atoms with Crippen LogP contribution < -0.4 is 0 Å². The molecule has 3 unspecified atom stereocenters. The van der Waals surface area contributed by atoms with Crippen molar-refractivity contribution in [3.8, 4) is 0 Å². The molecule has 0 radical (unpaired) electrons. The van der Waals surface area contributed by atoms with E-state index in [1.807, 2.05) is 0 Å². The van der Waals surface area contributed by atoms with Gasteiger partial charge in [-0.25, -0.2) is 0 Å². The molecule has 0 aliphatic rings. The fourth-order valence-corrected chi connectivity index (χ4v) is 4.35. The summed E-state index contributed by atoms with van der Waals surface area (Å²) in [5, 5.41) is 8.60. The molecule has 0 aliphatic carbocycles. The Labute approximate surface area is 201 Å². The van der Waals surface area contributed by atoms with E-state index < -0.39 is 5.97 Å². The molecule has 3 atom stereocenters. The van der Waals surface area contributed by atoms with Gasteiger partial charge in [0.15, 0.2) is 0 Å². The van der Waals surface area contributed by atoms with Crippen molar-refractivity contribution in [3.63, 3.8) is 0 Å². The van der Waals surface area contributed by atoms with Crippen molar-refractivity contribution in [3.05, 3.63) is 24.3 Å². The molecule has 188 valence electrons. The Morgan fingerprint density at radius 3 is 1.44 bits per heavy atom. The highest BCUT2D eigenvalue weighted by molar-refractivity contribution is 5.66. The van der Waals surface area contributed by atoms with E-state index in [2.05, 4.69) is 58.9 Å². The summed E-state index contributed by atoms with van der Waals surface area (Å²) in [5.41, 5.74) is 0. The van der Waals surface area contributed by atoms with Gasteiger partial charge in [-0.05, 0) is 62.2 Å². The minimum absolute atomic E-state index is 0.277. The average molecular weight is 449 g/mol. The van der Waals surface area contributed by atoms with Crippen LogP contribution in [0.5, 0.6) is 0 Å². The normalized spacial score (nSPS) is 15.1. The maximum Gasteiger partial charge on any atom is 0.303 e. The van der Waals surface area contributed by atoms with Crippen LogP contribution in [0.4, 0.5) is 0 Å². The van der Waals surface area contributed by atoms with Gasteiger partial charge in [0.05, 0.1) is 0 Å². The summed E-state index contributed by atoms with van der Waals surface area (Å²) in [6.45, 7) is 12.0. The summed E-state index contributed by atoms with van der Waals surface area (Å²) in [6, 6.07) is 0. The third kappa shape index (κ3) is 23.6. The van der Waals surface area contributed by atoms with Crippen LogP contribution in [0, 0.1) is 23.7 Å². The van der Waals surface area contributed by atoms with Gasteiger partial charge in [-0.15, -0.1) is 0 Å². The molecule has 0 saturated heterocycles. The number of rotatable bonds is 22. The topological polar surface area (TPSA) is 37.3 Å². The second-order valence-corrected chi connectivity index (χ2v) is 10.9. The molecule has 0 saturated carbocycles. The van der Waals surface area contributed by atoms with Crippen LogP contribution in [-0.2, 0) is 4.79 Å². The second kappa shape index (κ2) is 21.8. The highest BCUT2D eigenvalue weighted by Gasteiger charge is 2.08. The summed E-state index contributed by atoms with van der Waals surface area (Å²) in [5.74, 6) is 2.80. The first-order valence-corrected chi connectivity index (χ1v) is 13.8.